The van der Waals surface area contributed by atoms with E-state index in [4.69, 9.17) is 4.74 Å². The highest BCUT2D eigenvalue weighted by Gasteiger charge is 1.99. The molecule has 0 radical (unpaired) electrons. The largest absolute Gasteiger partial charge is 0.486 e. The Kier molecular flexibility index (Phi) is 2.88. The Bertz CT molecular complexity index is 653. The first-order valence-electron chi connectivity index (χ1n) is 5.79. The smallest absolute Gasteiger partial charge is 0.138 e. The summed E-state index contributed by atoms with van der Waals surface area (Å²) in [5.74, 6) is 0.763. The number of hydrogen-bond acceptors (Lipinski definition) is 3. The highest BCUT2D eigenvalue weighted by Crippen LogP contribution is 2.18. The molecule has 0 N–H and O–H groups in total. The van der Waals surface area contributed by atoms with Gasteiger partial charge in [-0.15, -0.1) is 0 Å². The van der Waals surface area contributed by atoms with Crippen molar-refractivity contribution in [1.82, 2.24) is 9.97 Å². The molecule has 0 fully saturated rings. The van der Waals surface area contributed by atoms with Crippen LogP contribution in [-0.4, -0.2) is 9.97 Å². The summed E-state index contributed by atoms with van der Waals surface area (Å²) in [4.78, 5) is 8.56. The number of pyridine rings is 2. The first-order chi connectivity index (χ1) is 8.92. The van der Waals surface area contributed by atoms with Crippen LogP contribution in [0.25, 0.3) is 10.9 Å². The van der Waals surface area contributed by atoms with Gasteiger partial charge in [-0.2, -0.15) is 0 Å². The minimum Gasteiger partial charge on any atom is -0.486 e. The van der Waals surface area contributed by atoms with Crippen LogP contribution >= 0.6 is 0 Å². The average molecular weight is 236 g/mol. The summed E-state index contributed by atoms with van der Waals surface area (Å²) in [5, 5.41) is 1.08. The van der Waals surface area contributed by atoms with E-state index in [1.165, 1.54) is 0 Å². The molecule has 3 nitrogen and oxygen atoms in total. The third-order valence-electron chi connectivity index (χ3n) is 2.68. The van der Waals surface area contributed by atoms with Gasteiger partial charge in [-0.25, -0.2) is 0 Å². The van der Waals surface area contributed by atoms with Gasteiger partial charge in [0.25, 0.3) is 0 Å². The molecule has 0 unspecified atom stereocenters. The fourth-order valence-electron chi connectivity index (χ4n) is 1.77. The summed E-state index contributed by atoms with van der Waals surface area (Å²) in [7, 11) is 0. The third-order valence-corrected chi connectivity index (χ3v) is 2.68. The van der Waals surface area contributed by atoms with Gasteiger partial charge < -0.3 is 4.74 Å². The summed E-state index contributed by atoms with van der Waals surface area (Å²) in [5.41, 5.74) is 1.88. The molecule has 0 amide bonds. The van der Waals surface area contributed by atoms with E-state index in [9.17, 15) is 0 Å². The third kappa shape index (κ3) is 2.30. The van der Waals surface area contributed by atoms with E-state index in [-0.39, 0.29) is 0 Å². The van der Waals surface area contributed by atoms with Crippen molar-refractivity contribution in [3.63, 3.8) is 0 Å². The predicted octanol–water partition coefficient (Wildman–Crippen LogP) is 3.21. The lowest BCUT2D eigenvalue weighted by Gasteiger charge is -2.06. The Labute approximate surface area is 105 Å². The Hall–Kier alpha value is -2.42. The summed E-state index contributed by atoms with van der Waals surface area (Å²) in [6, 6.07) is 15.7. The molecule has 3 rings (SSSR count). The maximum atomic E-state index is 5.68. The van der Waals surface area contributed by atoms with Gasteiger partial charge >= 0.3 is 0 Å². The van der Waals surface area contributed by atoms with Crippen LogP contribution in [0.15, 0.2) is 60.9 Å². The van der Waals surface area contributed by atoms with E-state index in [2.05, 4.69) is 9.97 Å². The fraction of sp³-hybridized carbons (Fsp3) is 0.0667. The van der Waals surface area contributed by atoms with Gasteiger partial charge in [-0.05, 0) is 24.3 Å². The summed E-state index contributed by atoms with van der Waals surface area (Å²) >= 11 is 0. The molecule has 0 aliphatic rings. The van der Waals surface area contributed by atoms with Crippen LogP contribution in [-0.2, 0) is 6.61 Å². The minimum absolute atomic E-state index is 0.459. The Balaban J connectivity index is 1.79. The van der Waals surface area contributed by atoms with E-state index in [1.807, 2.05) is 48.5 Å². The van der Waals surface area contributed by atoms with Crippen molar-refractivity contribution in [3.05, 3.63) is 66.6 Å². The zero-order valence-corrected chi connectivity index (χ0v) is 9.78. The SMILES string of the molecule is c1ccc(COc2cnc3ccccc3c2)nc1. The number of para-hydroxylation sites is 1. The van der Waals surface area contributed by atoms with Gasteiger partial charge in [0.15, 0.2) is 0 Å². The molecule has 0 atom stereocenters. The van der Waals surface area contributed by atoms with Crippen LogP contribution in [0.5, 0.6) is 5.75 Å². The molecule has 88 valence electrons. The second-order valence-electron chi connectivity index (χ2n) is 3.97. The first kappa shape index (κ1) is 10.7. The van der Waals surface area contributed by atoms with E-state index in [1.54, 1.807) is 12.4 Å². The van der Waals surface area contributed by atoms with Crippen molar-refractivity contribution in [2.24, 2.45) is 0 Å². The lowest BCUT2D eigenvalue weighted by atomic mass is 10.2. The maximum Gasteiger partial charge on any atom is 0.138 e. The molecule has 2 heterocycles. The zero-order chi connectivity index (χ0) is 12.2. The number of ether oxygens (including phenoxy) is 1. The molecule has 0 bridgehead atoms. The molecule has 0 spiro atoms. The van der Waals surface area contributed by atoms with Gasteiger partial charge in [0.1, 0.15) is 12.4 Å². The zero-order valence-electron chi connectivity index (χ0n) is 9.78. The molecule has 0 aliphatic heterocycles. The number of benzene rings is 1. The maximum absolute atomic E-state index is 5.68. The molecular formula is C15H12N2O. The van der Waals surface area contributed by atoms with Gasteiger partial charge in [0.05, 0.1) is 17.4 Å². The lowest BCUT2D eigenvalue weighted by molar-refractivity contribution is 0.300. The van der Waals surface area contributed by atoms with Crippen molar-refractivity contribution in [1.29, 1.82) is 0 Å². The Morgan fingerprint density at radius 2 is 1.83 bits per heavy atom. The predicted molar refractivity (Wildman–Crippen MR) is 70.3 cm³/mol. The fourth-order valence-corrected chi connectivity index (χ4v) is 1.77. The molecule has 0 saturated heterocycles. The summed E-state index contributed by atoms with van der Waals surface area (Å²) in [6.07, 6.45) is 3.50. The molecule has 3 aromatic rings. The second kappa shape index (κ2) is 4.84. The van der Waals surface area contributed by atoms with Crippen LogP contribution in [0.1, 0.15) is 5.69 Å². The van der Waals surface area contributed by atoms with Gasteiger partial charge in [0.2, 0.25) is 0 Å². The number of aromatic nitrogens is 2. The van der Waals surface area contributed by atoms with Crippen molar-refractivity contribution in [2.45, 2.75) is 6.61 Å². The number of fused-ring (bicyclic) bond motifs is 1. The average Bonchev–Trinajstić information content (AvgIpc) is 2.46. The molecule has 1 aromatic carbocycles. The van der Waals surface area contributed by atoms with Crippen LogP contribution < -0.4 is 4.74 Å². The Morgan fingerprint density at radius 1 is 0.944 bits per heavy atom. The molecule has 3 heteroatoms. The van der Waals surface area contributed by atoms with Crippen LogP contribution in [0.3, 0.4) is 0 Å². The standard InChI is InChI=1S/C15H12N2O/c1-2-7-15-12(5-1)9-14(10-17-15)18-11-13-6-3-4-8-16-13/h1-10H,11H2. The first-order valence-corrected chi connectivity index (χ1v) is 5.79. The second-order valence-corrected chi connectivity index (χ2v) is 3.97. The number of hydrogen-bond donors (Lipinski definition) is 0. The minimum atomic E-state index is 0.459. The highest BCUT2D eigenvalue weighted by molar-refractivity contribution is 5.79. The quantitative estimate of drug-likeness (QED) is 0.700. The topological polar surface area (TPSA) is 35.0 Å². The monoisotopic (exact) mass is 236 g/mol. The van der Waals surface area contributed by atoms with Gasteiger partial charge in [-0.3, -0.25) is 9.97 Å². The van der Waals surface area contributed by atoms with Crippen molar-refractivity contribution in [3.8, 4) is 5.75 Å². The van der Waals surface area contributed by atoms with Gasteiger partial charge in [0, 0.05) is 11.6 Å². The summed E-state index contributed by atoms with van der Waals surface area (Å²) < 4.78 is 5.68. The van der Waals surface area contributed by atoms with E-state index in [0.29, 0.717) is 6.61 Å². The summed E-state index contributed by atoms with van der Waals surface area (Å²) in [6.45, 7) is 0.459. The number of nitrogens with zero attached hydrogens (tertiary/aromatic N) is 2. The molecule has 0 aliphatic carbocycles. The normalized spacial score (nSPS) is 10.4. The van der Waals surface area contributed by atoms with Gasteiger partial charge in [-0.1, -0.05) is 24.3 Å². The van der Waals surface area contributed by atoms with Crippen molar-refractivity contribution >= 4 is 10.9 Å². The molecule has 18 heavy (non-hydrogen) atoms. The Morgan fingerprint density at radius 3 is 2.72 bits per heavy atom. The van der Waals surface area contributed by atoms with E-state index >= 15 is 0 Å². The highest BCUT2D eigenvalue weighted by atomic mass is 16.5. The van der Waals surface area contributed by atoms with E-state index < -0.39 is 0 Å². The number of rotatable bonds is 3. The van der Waals surface area contributed by atoms with Crippen LogP contribution in [0.2, 0.25) is 0 Å². The van der Waals surface area contributed by atoms with Crippen molar-refractivity contribution in [2.75, 3.05) is 0 Å². The molecule has 2 aromatic heterocycles. The van der Waals surface area contributed by atoms with E-state index in [0.717, 1.165) is 22.3 Å². The lowest BCUT2D eigenvalue weighted by Crippen LogP contribution is -1.97. The molecule has 0 saturated carbocycles. The van der Waals surface area contributed by atoms with Crippen LogP contribution in [0.4, 0.5) is 0 Å². The van der Waals surface area contributed by atoms with Crippen LogP contribution in [0, 0.1) is 0 Å². The van der Waals surface area contributed by atoms with Crippen molar-refractivity contribution < 1.29 is 4.74 Å². The molecular weight excluding hydrogens is 224 g/mol.